The monoisotopic (exact) mass is 395 g/mol. The molecule has 148 valence electrons. The van der Waals surface area contributed by atoms with E-state index in [0.29, 0.717) is 5.92 Å². The van der Waals surface area contributed by atoms with Crippen LogP contribution in [0.15, 0.2) is 55.1 Å². The maximum Gasteiger partial charge on any atom is 0.116 e. The van der Waals surface area contributed by atoms with Gasteiger partial charge in [0, 0.05) is 40.3 Å². The Bertz CT molecular complexity index is 1330. The number of hydrogen-bond donors (Lipinski definition) is 3. The van der Waals surface area contributed by atoms with Gasteiger partial charge in [0.2, 0.25) is 0 Å². The van der Waals surface area contributed by atoms with Crippen LogP contribution in [0.25, 0.3) is 44.5 Å². The van der Waals surface area contributed by atoms with Gasteiger partial charge in [-0.25, -0.2) is 0 Å². The number of pyridine rings is 3. The van der Waals surface area contributed by atoms with Crippen molar-refractivity contribution in [3.63, 3.8) is 0 Å². The van der Waals surface area contributed by atoms with Crippen LogP contribution in [0.1, 0.15) is 24.5 Å². The molecule has 0 unspecified atom stereocenters. The normalized spacial score (nSPS) is 15.2. The molecule has 0 aliphatic carbocycles. The average Bonchev–Trinajstić information content (AvgIpc) is 3.43. The molecule has 5 aromatic heterocycles. The molecule has 0 saturated carbocycles. The molecule has 5 aromatic rings. The zero-order valence-electron chi connectivity index (χ0n) is 16.4. The Balaban J connectivity index is 1.47. The van der Waals surface area contributed by atoms with Crippen LogP contribution in [0.2, 0.25) is 0 Å². The number of piperidine rings is 1. The predicted octanol–water partition coefficient (Wildman–Crippen LogP) is 4.03. The topological polar surface area (TPSA) is 95.2 Å². The highest BCUT2D eigenvalue weighted by Gasteiger charge is 2.19. The summed E-state index contributed by atoms with van der Waals surface area (Å²) < 4.78 is 0. The first-order chi connectivity index (χ1) is 14.9. The molecule has 1 aliphatic rings. The molecule has 0 radical (unpaired) electrons. The van der Waals surface area contributed by atoms with Crippen molar-refractivity contribution in [1.29, 1.82) is 0 Å². The van der Waals surface area contributed by atoms with E-state index in [-0.39, 0.29) is 0 Å². The van der Waals surface area contributed by atoms with Crippen molar-refractivity contribution in [2.24, 2.45) is 0 Å². The van der Waals surface area contributed by atoms with Gasteiger partial charge < -0.3 is 10.3 Å². The van der Waals surface area contributed by atoms with Crippen LogP contribution in [-0.2, 0) is 0 Å². The van der Waals surface area contributed by atoms with Gasteiger partial charge in [-0.15, -0.1) is 0 Å². The van der Waals surface area contributed by atoms with Crippen molar-refractivity contribution in [1.82, 2.24) is 35.5 Å². The smallest absolute Gasteiger partial charge is 0.116 e. The van der Waals surface area contributed by atoms with Crippen LogP contribution in [0.3, 0.4) is 0 Å². The molecule has 0 aromatic carbocycles. The lowest BCUT2D eigenvalue weighted by molar-refractivity contribution is 0.453. The van der Waals surface area contributed by atoms with Crippen molar-refractivity contribution in [2.75, 3.05) is 13.1 Å². The summed E-state index contributed by atoms with van der Waals surface area (Å²) in [5.41, 5.74) is 6.85. The molecule has 1 saturated heterocycles. The fourth-order valence-electron chi connectivity index (χ4n) is 4.38. The first-order valence-corrected chi connectivity index (χ1v) is 10.3. The van der Waals surface area contributed by atoms with Crippen LogP contribution in [-0.4, -0.2) is 43.2 Å². The lowest BCUT2D eigenvalue weighted by Crippen LogP contribution is -2.27. The molecule has 7 heteroatoms. The lowest BCUT2D eigenvalue weighted by Gasteiger charge is -2.22. The second-order valence-electron chi connectivity index (χ2n) is 7.80. The van der Waals surface area contributed by atoms with Crippen molar-refractivity contribution in [3.05, 3.63) is 60.8 Å². The number of rotatable bonds is 3. The zero-order valence-corrected chi connectivity index (χ0v) is 16.4. The highest BCUT2D eigenvalue weighted by Crippen LogP contribution is 2.34. The standard InChI is InChI=1S/C23H21N7/c1-2-6-26-18(3-1)17-11-25-12-21-15(17)9-20(28-21)23-16-10-19(14-4-7-24-8-5-14)27-13-22(16)29-30-23/h1-3,6,9-14,24,28H,4-5,7-8H2,(H,29,30). The van der Waals surface area contributed by atoms with Crippen molar-refractivity contribution < 1.29 is 0 Å². The van der Waals surface area contributed by atoms with E-state index in [4.69, 9.17) is 4.98 Å². The molecular weight excluding hydrogens is 374 g/mol. The number of fused-ring (bicyclic) bond motifs is 2. The highest BCUT2D eigenvalue weighted by atomic mass is 15.1. The van der Waals surface area contributed by atoms with E-state index in [1.54, 1.807) is 6.20 Å². The van der Waals surface area contributed by atoms with Crippen LogP contribution < -0.4 is 5.32 Å². The number of nitrogens with zero attached hydrogens (tertiary/aromatic N) is 4. The molecule has 30 heavy (non-hydrogen) atoms. The third-order valence-corrected chi connectivity index (χ3v) is 5.97. The Labute approximate surface area is 173 Å². The van der Waals surface area contributed by atoms with Gasteiger partial charge in [-0.05, 0) is 50.2 Å². The molecule has 1 fully saturated rings. The van der Waals surface area contributed by atoms with E-state index >= 15 is 0 Å². The molecule has 6 rings (SSSR count). The Hall–Kier alpha value is -3.58. The van der Waals surface area contributed by atoms with E-state index in [2.05, 4.69) is 42.6 Å². The van der Waals surface area contributed by atoms with Gasteiger partial charge in [0.25, 0.3) is 0 Å². The molecule has 1 aliphatic heterocycles. The third-order valence-electron chi connectivity index (χ3n) is 5.97. The number of aromatic nitrogens is 6. The number of aromatic amines is 2. The van der Waals surface area contributed by atoms with Gasteiger partial charge in [-0.3, -0.25) is 20.1 Å². The number of H-pyrrole nitrogens is 2. The quantitative estimate of drug-likeness (QED) is 0.429. The van der Waals surface area contributed by atoms with Crippen LogP contribution in [0.4, 0.5) is 0 Å². The molecular formula is C23H21N7. The molecule has 7 nitrogen and oxygen atoms in total. The summed E-state index contributed by atoms with van der Waals surface area (Å²) in [6.07, 6.45) is 9.67. The SMILES string of the molecule is c1ccc(-c2cncc3[nH]c(-c4n[nH]c5cnc(C6CCNCC6)cc45)cc23)nc1. The van der Waals surface area contributed by atoms with Gasteiger partial charge >= 0.3 is 0 Å². The summed E-state index contributed by atoms with van der Waals surface area (Å²) in [7, 11) is 0. The zero-order chi connectivity index (χ0) is 19.9. The fourth-order valence-corrected chi connectivity index (χ4v) is 4.38. The summed E-state index contributed by atoms with van der Waals surface area (Å²) >= 11 is 0. The lowest BCUT2D eigenvalue weighted by atomic mass is 9.93. The molecule has 6 heterocycles. The van der Waals surface area contributed by atoms with Crippen molar-refractivity contribution >= 4 is 21.8 Å². The van der Waals surface area contributed by atoms with Gasteiger partial charge in [0.05, 0.1) is 34.8 Å². The number of hydrogen-bond acceptors (Lipinski definition) is 5. The number of nitrogens with one attached hydrogen (secondary N) is 3. The summed E-state index contributed by atoms with van der Waals surface area (Å²) in [6.45, 7) is 2.10. The molecule has 0 amide bonds. The van der Waals surface area contributed by atoms with Gasteiger partial charge in [0.1, 0.15) is 5.69 Å². The van der Waals surface area contributed by atoms with Crippen LogP contribution >= 0.6 is 0 Å². The van der Waals surface area contributed by atoms with Gasteiger partial charge in [0.15, 0.2) is 0 Å². The summed E-state index contributed by atoms with van der Waals surface area (Å²) in [6, 6.07) is 10.3. The Morgan fingerprint density at radius 1 is 0.900 bits per heavy atom. The molecule has 0 atom stereocenters. The highest BCUT2D eigenvalue weighted by molar-refractivity contribution is 6.00. The average molecular weight is 395 g/mol. The van der Waals surface area contributed by atoms with E-state index in [1.807, 2.05) is 36.8 Å². The second-order valence-corrected chi connectivity index (χ2v) is 7.80. The minimum absolute atomic E-state index is 0.501. The largest absolute Gasteiger partial charge is 0.352 e. The first-order valence-electron chi connectivity index (χ1n) is 10.3. The molecule has 0 bridgehead atoms. The van der Waals surface area contributed by atoms with Gasteiger partial charge in [-0.2, -0.15) is 5.10 Å². The molecule has 3 N–H and O–H groups in total. The fraction of sp³-hybridized carbons (Fsp3) is 0.217. The summed E-state index contributed by atoms with van der Waals surface area (Å²) in [5, 5.41) is 13.3. The maximum atomic E-state index is 4.71. The predicted molar refractivity (Wildman–Crippen MR) is 117 cm³/mol. The van der Waals surface area contributed by atoms with E-state index < -0.39 is 0 Å². The summed E-state index contributed by atoms with van der Waals surface area (Å²) in [4.78, 5) is 17.1. The molecule has 0 spiro atoms. The van der Waals surface area contributed by atoms with Crippen LogP contribution in [0.5, 0.6) is 0 Å². The first kappa shape index (κ1) is 17.3. The van der Waals surface area contributed by atoms with E-state index in [1.165, 1.54) is 0 Å². The minimum Gasteiger partial charge on any atom is -0.352 e. The second kappa shape index (κ2) is 7.03. The Morgan fingerprint density at radius 3 is 2.70 bits per heavy atom. The Kier molecular flexibility index (Phi) is 4.06. The van der Waals surface area contributed by atoms with Crippen molar-refractivity contribution in [2.45, 2.75) is 18.8 Å². The summed E-state index contributed by atoms with van der Waals surface area (Å²) in [5.74, 6) is 0.501. The minimum atomic E-state index is 0.501. The Morgan fingerprint density at radius 2 is 1.83 bits per heavy atom. The third kappa shape index (κ3) is 2.86. The van der Waals surface area contributed by atoms with E-state index in [9.17, 15) is 0 Å². The van der Waals surface area contributed by atoms with E-state index in [0.717, 1.165) is 76.1 Å². The van der Waals surface area contributed by atoms with Gasteiger partial charge in [-0.1, -0.05) is 6.07 Å². The van der Waals surface area contributed by atoms with Crippen LogP contribution in [0, 0.1) is 0 Å². The van der Waals surface area contributed by atoms with Crippen molar-refractivity contribution in [3.8, 4) is 22.6 Å². The maximum absolute atomic E-state index is 4.71.